The lowest BCUT2D eigenvalue weighted by atomic mass is 9.86. The summed E-state index contributed by atoms with van der Waals surface area (Å²) in [6, 6.07) is 7.07. The second-order valence-corrected chi connectivity index (χ2v) is 7.19. The van der Waals surface area contributed by atoms with Gasteiger partial charge in [0.15, 0.2) is 5.65 Å². The molecule has 0 fully saturated rings. The summed E-state index contributed by atoms with van der Waals surface area (Å²) in [6.07, 6.45) is 7.73. The second-order valence-electron chi connectivity index (χ2n) is 7.19. The average molecular weight is 338 g/mol. The van der Waals surface area contributed by atoms with E-state index in [1.165, 1.54) is 0 Å². The minimum absolute atomic E-state index is 0.0564. The van der Waals surface area contributed by atoms with Gasteiger partial charge in [-0.2, -0.15) is 0 Å². The van der Waals surface area contributed by atoms with E-state index in [1.807, 2.05) is 24.4 Å². The van der Waals surface area contributed by atoms with Crippen LogP contribution in [0.5, 0.6) is 0 Å². The third kappa shape index (κ3) is 4.32. The molecule has 3 rings (SSSR count). The number of rotatable bonds is 4. The molecule has 3 heterocycles. The normalized spacial score (nSPS) is 12.8. The van der Waals surface area contributed by atoms with Crippen molar-refractivity contribution in [2.45, 2.75) is 33.2 Å². The molecule has 0 radical (unpaired) electrons. The van der Waals surface area contributed by atoms with Crippen LogP contribution in [-0.2, 0) is 0 Å². The fraction of sp³-hybridized carbons (Fsp3) is 0.333. The van der Waals surface area contributed by atoms with Crippen molar-refractivity contribution in [3.05, 3.63) is 54.7 Å². The smallest absolute Gasteiger partial charge is 0.319 e. The number of hydrogen-bond acceptors (Lipinski definition) is 4. The highest BCUT2D eigenvalue weighted by atomic mass is 16.2. The Morgan fingerprint density at radius 1 is 1.28 bits per heavy atom. The van der Waals surface area contributed by atoms with E-state index in [1.54, 1.807) is 29.2 Å². The van der Waals surface area contributed by atoms with E-state index >= 15 is 0 Å². The van der Waals surface area contributed by atoms with Crippen molar-refractivity contribution in [3.8, 4) is 0 Å². The van der Waals surface area contributed by atoms with Crippen LogP contribution in [0.15, 0.2) is 49.2 Å². The van der Waals surface area contributed by atoms with Gasteiger partial charge in [0.05, 0.1) is 11.7 Å². The predicted octanol–water partition coefficient (Wildman–Crippen LogP) is 3.42. The van der Waals surface area contributed by atoms with E-state index in [2.05, 4.69) is 46.6 Å². The number of nitrogens with zero attached hydrogens (tertiary/aromatic N) is 4. The molecule has 2 N–H and O–H groups in total. The molecule has 0 saturated heterocycles. The summed E-state index contributed by atoms with van der Waals surface area (Å²) < 4.78 is 1.75. The maximum Gasteiger partial charge on any atom is 0.319 e. The summed E-state index contributed by atoms with van der Waals surface area (Å²) in [6.45, 7) is 6.44. The van der Waals surface area contributed by atoms with Crippen LogP contribution in [0.1, 0.15) is 38.8 Å². The largest absolute Gasteiger partial charge is 0.331 e. The fourth-order valence-corrected chi connectivity index (χ4v) is 2.71. The van der Waals surface area contributed by atoms with E-state index < -0.39 is 0 Å². The van der Waals surface area contributed by atoms with Crippen molar-refractivity contribution >= 4 is 17.4 Å². The Kier molecular flexibility index (Phi) is 4.65. The molecule has 3 aromatic heterocycles. The Morgan fingerprint density at radius 2 is 2.12 bits per heavy atom. The third-order valence-electron chi connectivity index (χ3n) is 3.78. The van der Waals surface area contributed by atoms with Crippen LogP contribution in [0, 0.1) is 5.41 Å². The lowest BCUT2D eigenvalue weighted by molar-refractivity contribution is 0.241. The van der Waals surface area contributed by atoms with Gasteiger partial charge < -0.3 is 10.6 Å². The quantitative estimate of drug-likeness (QED) is 0.763. The summed E-state index contributed by atoms with van der Waals surface area (Å²) >= 11 is 0. The monoisotopic (exact) mass is 338 g/mol. The molecule has 0 aromatic carbocycles. The Hall–Kier alpha value is -2.96. The zero-order chi connectivity index (χ0) is 17.9. The molecule has 3 aromatic rings. The molecule has 130 valence electrons. The van der Waals surface area contributed by atoms with E-state index in [4.69, 9.17) is 0 Å². The molecule has 0 aliphatic heterocycles. The van der Waals surface area contributed by atoms with Crippen LogP contribution < -0.4 is 10.6 Å². The van der Waals surface area contributed by atoms with Gasteiger partial charge in [-0.1, -0.05) is 26.8 Å². The first kappa shape index (κ1) is 16.9. The first-order valence-corrected chi connectivity index (χ1v) is 8.18. The topological polar surface area (TPSA) is 84.2 Å². The van der Waals surface area contributed by atoms with Crippen molar-refractivity contribution in [2.24, 2.45) is 5.41 Å². The van der Waals surface area contributed by atoms with Crippen LogP contribution in [0.3, 0.4) is 0 Å². The molecular weight excluding hydrogens is 316 g/mol. The number of amides is 2. The fourth-order valence-electron chi connectivity index (χ4n) is 2.71. The highest BCUT2D eigenvalue weighted by molar-refractivity contribution is 5.93. The summed E-state index contributed by atoms with van der Waals surface area (Å²) in [5, 5.41) is 13.8. The lowest BCUT2D eigenvalue weighted by Crippen LogP contribution is -2.34. The number of nitrogens with one attached hydrogen (secondary N) is 2. The van der Waals surface area contributed by atoms with Gasteiger partial charge >= 0.3 is 6.03 Å². The highest BCUT2D eigenvalue weighted by Gasteiger charge is 2.22. The molecule has 7 heteroatoms. The molecule has 0 spiro atoms. The molecule has 0 saturated carbocycles. The molecule has 2 amide bonds. The van der Waals surface area contributed by atoms with Gasteiger partial charge in [0.2, 0.25) is 0 Å². The van der Waals surface area contributed by atoms with E-state index in [9.17, 15) is 4.79 Å². The number of carbonyl (C=O) groups is 1. The SMILES string of the molecule is CC(C)(C)CC(NC(=O)Nc1cccn2cnnc12)c1cccnc1. The minimum Gasteiger partial charge on any atom is -0.331 e. The molecule has 0 bridgehead atoms. The van der Waals surface area contributed by atoms with Crippen molar-refractivity contribution < 1.29 is 4.79 Å². The van der Waals surface area contributed by atoms with Gasteiger partial charge in [-0.15, -0.1) is 10.2 Å². The second kappa shape index (κ2) is 6.88. The molecular formula is C18H22N6O. The summed E-state index contributed by atoms with van der Waals surface area (Å²) in [5.41, 5.74) is 2.25. The summed E-state index contributed by atoms with van der Waals surface area (Å²) in [5.74, 6) is 0. The highest BCUT2D eigenvalue weighted by Crippen LogP contribution is 2.29. The molecule has 1 atom stereocenters. The molecule has 0 aliphatic rings. The van der Waals surface area contributed by atoms with Crippen LogP contribution in [-0.4, -0.2) is 25.6 Å². The lowest BCUT2D eigenvalue weighted by Gasteiger charge is -2.27. The number of hydrogen-bond donors (Lipinski definition) is 2. The van der Waals surface area contributed by atoms with Gasteiger partial charge in [0.25, 0.3) is 0 Å². The van der Waals surface area contributed by atoms with Crippen molar-refractivity contribution in [1.29, 1.82) is 0 Å². The molecule has 25 heavy (non-hydrogen) atoms. The Balaban J connectivity index is 1.77. The van der Waals surface area contributed by atoms with E-state index in [-0.39, 0.29) is 17.5 Å². The van der Waals surface area contributed by atoms with Crippen molar-refractivity contribution in [2.75, 3.05) is 5.32 Å². The predicted molar refractivity (Wildman–Crippen MR) is 96.2 cm³/mol. The number of pyridine rings is 2. The molecule has 7 nitrogen and oxygen atoms in total. The van der Waals surface area contributed by atoms with Gasteiger partial charge in [-0.25, -0.2) is 4.79 Å². The maximum absolute atomic E-state index is 12.5. The minimum atomic E-state index is -0.283. The van der Waals surface area contributed by atoms with Gasteiger partial charge in [0, 0.05) is 18.6 Å². The Morgan fingerprint density at radius 3 is 2.84 bits per heavy atom. The first-order valence-electron chi connectivity index (χ1n) is 8.18. The van der Waals surface area contributed by atoms with Crippen LogP contribution in [0.2, 0.25) is 0 Å². The van der Waals surface area contributed by atoms with Crippen LogP contribution in [0.25, 0.3) is 5.65 Å². The van der Waals surface area contributed by atoms with Crippen LogP contribution in [0.4, 0.5) is 10.5 Å². The number of anilines is 1. The third-order valence-corrected chi connectivity index (χ3v) is 3.78. The number of urea groups is 1. The van der Waals surface area contributed by atoms with E-state index in [0.717, 1.165) is 12.0 Å². The number of carbonyl (C=O) groups excluding carboxylic acids is 1. The molecule has 0 aliphatic carbocycles. The maximum atomic E-state index is 12.5. The summed E-state index contributed by atoms with van der Waals surface area (Å²) in [4.78, 5) is 16.7. The summed E-state index contributed by atoms with van der Waals surface area (Å²) in [7, 11) is 0. The molecule has 1 unspecified atom stereocenters. The van der Waals surface area contributed by atoms with E-state index in [0.29, 0.717) is 11.3 Å². The van der Waals surface area contributed by atoms with Gasteiger partial charge in [-0.05, 0) is 35.6 Å². The Labute approximate surface area is 146 Å². The standard InChI is InChI=1S/C18H22N6O/c1-18(2,3)10-15(13-6-4-8-19-11-13)22-17(25)21-14-7-5-9-24-12-20-23-16(14)24/h4-9,11-12,15H,10H2,1-3H3,(H2,21,22,25). The van der Waals surface area contributed by atoms with Gasteiger partial charge in [-0.3, -0.25) is 9.38 Å². The van der Waals surface area contributed by atoms with Crippen molar-refractivity contribution in [1.82, 2.24) is 24.9 Å². The first-order chi connectivity index (χ1) is 11.9. The zero-order valence-corrected chi connectivity index (χ0v) is 14.6. The number of fused-ring (bicyclic) bond motifs is 1. The number of aromatic nitrogens is 4. The average Bonchev–Trinajstić information content (AvgIpc) is 3.03. The Bertz CT molecular complexity index is 853. The zero-order valence-electron chi connectivity index (χ0n) is 14.6. The van der Waals surface area contributed by atoms with Crippen molar-refractivity contribution in [3.63, 3.8) is 0 Å². The van der Waals surface area contributed by atoms with Gasteiger partial charge in [0.1, 0.15) is 6.33 Å². The van der Waals surface area contributed by atoms with Crippen LogP contribution >= 0.6 is 0 Å².